The number of esters is 2. The molecule has 312 valence electrons. The summed E-state index contributed by atoms with van der Waals surface area (Å²) in [7, 11) is 0. The van der Waals surface area contributed by atoms with Gasteiger partial charge in [-0.2, -0.15) is 13.2 Å². The van der Waals surface area contributed by atoms with Crippen molar-refractivity contribution in [1.29, 1.82) is 0 Å². The van der Waals surface area contributed by atoms with Crippen LogP contribution >= 0.6 is 11.3 Å². The fourth-order valence-corrected chi connectivity index (χ4v) is 7.02. The van der Waals surface area contributed by atoms with E-state index < -0.39 is 82.3 Å². The van der Waals surface area contributed by atoms with E-state index in [1.54, 1.807) is 0 Å². The summed E-state index contributed by atoms with van der Waals surface area (Å²) in [6.07, 6.45) is -6.44. The molecule has 59 heavy (non-hydrogen) atoms. The lowest BCUT2D eigenvalue weighted by Crippen LogP contribution is -2.50. The second-order valence-electron chi connectivity index (χ2n) is 12.8. The Morgan fingerprint density at radius 2 is 1.41 bits per heavy atom. The molecule has 0 aliphatic carbocycles. The van der Waals surface area contributed by atoms with Gasteiger partial charge >= 0.3 is 24.3 Å². The molecule has 4 aromatic rings. The largest absolute Gasteiger partial charge is 0.514 e. The lowest BCUT2D eigenvalue weighted by atomic mass is 9.87. The summed E-state index contributed by atoms with van der Waals surface area (Å²) < 4.78 is 92.4. The molecule has 0 atom stereocenters. The number of carbonyl (C=O) groups is 6. The summed E-state index contributed by atoms with van der Waals surface area (Å²) in [6, 6.07) is 13.0. The van der Waals surface area contributed by atoms with Crippen LogP contribution in [0.3, 0.4) is 0 Å². The van der Waals surface area contributed by atoms with Gasteiger partial charge in [0.05, 0.1) is 24.5 Å². The van der Waals surface area contributed by atoms with Crippen LogP contribution < -0.4 is 10.1 Å². The first kappa shape index (κ1) is 43.7. The molecule has 0 unspecified atom stereocenters. The molecule has 0 radical (unpaired) electrons. The van der Waals surface area contributed by atoms with Crippen molar-refractivity contribution in [3.63, 3.8) is 0 Å². The number of ether oxygens (including phenoxy) is 4. The quantitative estimate of drug-likeness (QED) is 0.0526. The topological polar surface area (TPSA) is 158 Å². The zero-order chi connectivity index (χ0) is 43.1. The Morgan fingerprint density at radius 1 is 0.797 bits per heavy atom. The molecular formula is C40H36F5N3O10S. The number of nitrogens with zero attached hydrogens (tertiary/aromatic N) is 2. The van der Waals surface area contributed by atoms with Crippen LogP contribution in [0.1, 0.15) is 51.9 Å². The van der Waals surface area contributed by atoms with E-state index in [-0.39, 0.29) is 66.9 Å². The second kappa shape index (κ2) is 18.5. The molecule has 1 aliphatic heterocycles. The lowest BCUT2D eigenvalue weighted by Gasteiger charge is -2.34. The first-order valence-electron chi connectivity index (χ1n) is 17.9. The van der Waals surface area contributed by atoms with Crippen LogP contribution in [0.2, 0.25) is 0 Å². The number of benzene rings is 3. The van der Waals surface area contributed by atoms with Gasteiger partial charge < -0.3 is 34.1 Å². The van der Waals surface area contributed by atoms with Gasteiger partial charge in [-0.05, 0) is 54.6 Å². The predicted octanol–water partition coefficient (Wildman–Crippen LogP) is 6.85. The molecule has 1 saturated heterocycles. The molecule has 19 heteroatoms. The molecule has 1 aliphatic rings. The van der Waals surface area contributed by atoms with Crippen LogP contribution in [0.4, 0.5) is 32.4 Å². The lowest BCUT2D eigenvalue weighted by molar-refractivity contribution is -0.167. The van der Waals surface area contributed by atoms with E-state index in [1.165, 1.54) is 67.4 Å². The van der Waals surface area contributed by atoms with Crippen molar-refractivity contribution >= 4 is 52.8 Å². The normalized spacial score (nSPS) is 13.0. The van der Waals surface area contributed by atoms with Crippen molar-refractivity contribution in [2.45, 2.75) is 32.4 Å². The fraction of sp³-hybridized carbons (Fsp3) is 0.300. The van der Waals surface area contributed by atoms with E-state index in [0.29, 0.717) is 6.07 Å². The molecule has 5 rings (SSSR count). The smallest absolute Gasteiger partial charge is 0.465 e. The van der Waals surface area contributed by atoms with E-state index in [0.717, 1.165) is 40.5 Å². The monoisotopic (exact) mass is 845 g/mol. The highest BCUT2D eigenvalue weighted by Gasteiger charge is 2.53. The minimum absolute atomic E-state index is 0.0503. The molecule has 1 aromatic heterocycles. The van der Waals surface area contributed by atoms with Gasteiger partial charge in [-0.15, -0.1) is 11.3 Å². The highest BCUT2D eigenvalue weighted by molar-refractivity contribution is 7.10. The van der Waals surface area contributed by atoms with Crippen molar-refractivity contribution in [3.05, 3.63) is 105 Å². The fourth-order valence-electron chi connectivity index (χ4n) is 6.13. The van der Waals surface area contributed by atoms with Crippen molar-refractivity contribution in [1.82, 2.24) is 9.80 Å². The van der Waals surface area contributed by atoms with Gasteiger partial charge in [-0.25, -0.2) is 13.6 Å². The molecule has 0 saturated carbocycles. The molecule has 0 spiro atoms. The number of nitrogens with one attached hydrogen (secondary N) is 1. The first-order chi connectivity index (χ1) is 28.0. The van der Waals surface area contributed by atoms with Crippen molar-refractivity contribution in [3.8, 4) is 16.9 Å². The average Bonchev–Trinajstić information content (AvgIpc) is 3.75. The van der Waals surface area contributed by atoms with Crippen LogP contribution in [-0.2, 0) is 40.2 Å². The standard InChI is InChI=1S/C40H36F5N3O10S/c1-4-55-36(52)39(37(53)56-5-2,30-11-8-20-59-30)22-57-38(54)58-33-28(41)21-29(31(32(33)42)35(51)48-18-16-47(17-19-48)23(3)49)46-34(50)27-10-7-6-9-26(27)24-12-14-25(15-13-24)40(43,44)45/h6-15,20-21H,4-5,16-19,22H2,1-3H3,(H,46,50). The Kier molecular flexibility index (Phi) is 13.7. The Balaban J connectivity index is 1.50. The number of thiophene rings is 1. The van der Waals surface area contributed by atoms with Gasteiger partial charge in [-0.3, -0.25) is 24.0 Å². The number of carbonyl (C=O) groups excluding carboxylic acids is 6. The maximum atomic E-state index is 16.6. The zero-order valence-corrected chi connectivity index (χ0v) is 32.5. The number of piperazine rings is 1. The van der Waals surface area contributed by atoms with Gasteiger partial charge in [0, 0.05) is 49.6 Å². The number of hydrogen-bond acceptors (Lipinski definition) is 11. The van der Waals surface area contributed by atoms with Crippen molar-refractivity contribution in [2.24, 2.45) is 0 Å². The Morgan fingerprint density at radius 3 is 1.97 bits per heavy atom. The van der Waals surface area contributed by atoms with Gasteiger partial charge in [0.25, 0.3) is 11.8 Å². The molecule has 13 nitrogen and oxygen atoms in total. The second-order valence-corrected chi connectivity index (χ2v) is 13.7. The Hall–Kier alpha value is -6.37. The van der Waals surface area contributed by atoms with Gasteiger partial charge in [0.1, 0.15) is 12.2 Å². The van der Waals surface area contributed by atoms with Crippen molar-refractivity contribution < 1.29 is 69.7 Å². The maximum Gasteiger partial charge on any atom is 0.514 e. The van der Waals surface area contributed by atoms with E-state index in [2.05, 4.69) is 5.32 Å². The zero-order valence-electron chi connectivity index (χ0n) is 31.7. The third kappa shape index (κ3) is 9.51. The summed E-state index contributed by atoms with van der Waals surface area (Å²) in [5.41, 5.74) is -4.79. The van der Waals surface area contributed by atoms with Gasteiger partial charge in [0.15, 0.2) is 11.6 Å². The van der Waals surface area contributed by atoms with E-state index >= 15 is 8.78 Å². The molecule has 1 N–H and O–H groups in total. The number of hydrogen-bond donors (Lipinski definition) is 1. The molecule has 3 aromatic carbocycles. The summed E-state index contributed by atoms with van der Waals surface area (Å²) >= 11 is 0.932. The molecule has 1 fully saturated rings. The van der Waals surface area contributed by atoms with Gasteiger partial charge in [-0.1, -0.05) is 36.4 Å². The van der Waals surface area contributed by atoms with Crippen LogP contribution in [0, 0.1) is 11.6 Å². The summed E-state index contributed by atoms with van der Waals surface area (Å²) in [4.78, 5) is 81.9. The summed E-state index contributed by atoms with van der Waals surface area (Å²) in [6.45, 7) is 2.68. The Bertz CT molecular complexity index is 2210. The van der Waals surface area contributed by atoms with E-state index in [1.807, 2.05) is 0 Å². The number of amides is 3. The van der Waals surface area contributed by atoms with Gasteiger partial charge in [0.2, 0.25) is 17.1 Å². The molecule has 2 heterocycles. The van der Waals surface area contributed by atoms with E-state index in [4.69, 9.17) is 18.9 Å². The van der Waals surface area contributed by atoms with Crippen LogP contribution in [0.5, 0.6) is 5.75 Å². The predicted molar refractivity (Wildman–Crippen MR) is 201 cm³/mol. The van der Waals surface area contributed by atoms with Crippen molar-refractivity contribution in [2.75, 3.05) is 51.3 Å². The van der Waals surface area contributed by atoms with E-state index in [9.17, 15) is 41.9 Å². The third-order valence-corrected chi connectivity index (χ3v) is 10.2. The molecular weight excluding hydrogens is 810 g/mol. The Labute approximate surface area is 337 Å². The number of alkyl halides is 3. The van der Waals surface area contributed by atoms with Crippen LogP contribution in [0.15, 0.2) is 72.1 Å². The average molecular weight is 846 g/mol. The molecule has 0 bridgehead atoms. The van der Waals surface area contributed by atoms with Crippen LogP contribution in [-0.4, -0.2) is 91.6 Å². The highest BCUT2D eigenvalue weighted by atomic mass is 32.1. The number of rotatable bonds is 12. The SMILES string of the molecule is CCOC(=O)C(COC(=O)Oc1c(F)cc(NC(=O)c2ccccc2-c2ccc(C(F)(F)F)cc2)c(C(=O)N2CCN(C(C)=O)CC2)c1F)(C(=O)OCC)c1cccs1. The molecule has 3 amide bonds. The minimum atomic E-state index is -4.63. The number of anilines is 1. The number of halogens is 5. The van der Waals surface area contributed by atoms with Crippen LogP contribution in [0.25, 0.3) is 11.1 Å². The summed E-state index contributed by atoms with van der Waals surface area (Å²) in [5, 5.41) is 3.83. The highest BCUT2D eigenvalue weighted by Crippen LogP contribution is 2.36. The maximum absolute atomic E-state index is 16.6. The summed E-state index contributed by atoms with van der Waals surface area (Å²) in [5.74, 6) is -9.52. The third-order valence-electron chi connectivity index (χ3n) is 9.13. The first-order valence-corrected chi connectivity index (χ1v) is 18.8. The minimum Gasteiger partial charge on any atom is -0.465 e.